The monoisotopic (exact) mass is 181 g/mol. The molecule has 74 valence electrons. The highest BCUT2D eigenvalue weighted by molar-refractivity contribution is 4.87. The molecule has 0 amide bonds. The molecule has 1 aromatic heterocycles. The van der Waals surface area contributed by atoms with Crippen LogP contribution in [0.1, 0.15) is 51.2 Å². The molecule has 0 fully saturated rings. The lowest BCUT2D eigenvalue weighted by Crippen LogP contribution is -1.83. The van der Waals surface area contributed by atoms with Crippen molar-refractivity contribution in [2.75, 3.05) is 0 Å². The van der Waals surface area contributed by atoms with Crippen LogP contribution in [0, 0.1) is 0 Å². The maximum Gasteiger partial charge on any atom is 0.180 e. The summed E-state index contributed by atoms with van der Waals surface area (Å²) in [7, 11) is 0. The first-order chi connectivity index (χ1) is 6.43. The predicted molar refractivity (Wildman–Crippen MR) is 53.6 cm³/mol. The van der Waals surface area contributed by atoms with Gasteiger partial charge in [-0.2, -0.15) is 0 Å². The van der Waals surface area contributed by atoms with Gasteiger partial charge in [0.15, 0.2) is 6.39 Å². The van der Waals surface area contributed by atoms with Crippen LogP contribution in [0.4, 0.5) is 0 Å². The molecule has 1 heterocycles. The Morgan fingerprint density at radius 1 is 1.15 bits per heavy atom. The number of rotatable bonds is 7. The van der Waals surface area contributed by atoms with E-state index in [2.05, 4.69) is 11.9 Å². The second-order valence-electron chi connectivity index (χ2n) is 3.49. The van der Waals surface area contributed by atoms with Gasteiger partial charge in [-0.15, -0.1) is 0 Å². The molecular formula is C11H19NO. The van der Waals surface area contributed by atoms with Crippen LogP contribution in [0.2, 0.25) is 0 Å². The number of oxazole rings is 1. The van der Waals surface area contributed by atoms with E-state index < -0.39 is 0 Å². The summed E-state index contributed by atoms with van der Waals surface area (Å²) >= 11 is 0. The van der Waals surface area contributed by atoms with E-state index in [0.29, 0.717) is 0 Å². The van der Waals surface area contributed by atoms with Gasteiger partial charge in [0.1, 0.15) is 5.76 Å². The van der Waals surface area contributed by atoms with Crippen molar-refractivity contribution in [1.29, 1.82) is 0 Å². The number of unbranched alkanes of at least 4 members (excludes halogenated alkanes) is 5. The Morgan fingerprint density at radius 2 is 1.92 bits per heavy atom. The van der Waals surface area contributed by atoms with Gasteiger partial charge in [0, 0.05) is 6.42 Å². The zero-order valence-corrected chi connectivity index (χ0v) is 8.46. The Hall–Kier alpha value is -0.790. The maximum absolute atomic E-state index is 5.15. The van der Waals surface area contributed by atoms with E-state index in [1.54, 1.807) is 0 Å². The van der Waals surface area contributed by atoms with Crippen molar-refractivity contribution in [2.24, 2.45) is 0 Å². The van der Waals surface area contributed by atoms with E-state index in [0.717, 1.165) is 12.2 Å². The molecule has 0 radical (unpaired) electrons. The van der Waals surface area contributed by atoms with E-state index >= 15 is 0 Å². The van der Waals surface area contributed by atoms with Crippen LogP contribution in [0.25, 0.3) is 0 Å². The zero-order chi connectivity index (χ0) is 9.36. The minimum Gasteiger partial charge on any atom is -0.449 e. The summed E-state index contributed by atoms with van der Waals surface area (Å²) in [6.07, 6.45) is 12.4. The molecular weight excluding hydrogens is 162 g/mol. The fourth-order valence-electron chi connectivity index (χ4n) is 1.45. The van der Waals surface area contributed by atoms with Crippen LogP contribution in [0.5, 0.6) is 0 Å². The lowest BCUT2D eigenvalue weighted by Gasteiger charge is -1.98. The van der Waals surface area contributed by atoms with Gasteiger partial charge in [0.05, 0.1) is 6.20 Å². The average Bonchev–Trinajstić information content (AvgIpc) is 2.63. The van der Waals surface area contributed by atoms with Gasteiger partial charge in [0.2, 0.25) is 0 Å². The van der Waals surface area contributed by atoms with Crippen molar-refractivity contribution < 1.29 is 4.42 Å². The highest BCUT2D eigenvalue weighted by Crippen LogP contribution is 2.08. The summed E-state index contributed by atoms with van der Waals surface area (Å²) < 4.78 is 5.15. The van der Waals surface area contributed by atoms with Crippen LogP contribution in [0.3, 0.4) is 0 Å². The summed E-state index contributed by atoms with van der Waals surface area (Å²) in [4.78, 5) is 3.88. The molecule has 13 heavy (non-hydrogen) atoms. The number of nitrogens with zero attached hydrogens (tertiary/aromatic N) is 1. The Balaban J connectivity index is 1.90. The average molecular weight is 181 g/mol. The minimum atomic E-state index is 1.02. The highest BCUT2D eigenvalue weighted by Gasteiger charge is 1.95. The Bertz CT molecular complexity index is 194. The molecule has 2 heteroatoms. The number of hydrogen-bond donors (Lipinski definition) is 0. The molecule has 0 saturated carbocycles. The van der Waals surface area contributed by atoms with Crippen LogP contribution < -0.4 is 0 Å². The standard InChI is InChI=1S/C11H19NO/c1-2-3-4-5-6-7-8-11-9-12-10-13-11/h9-10H,2-8H2,1H3. The van der Waals surface area contributed by atoms with Crippen LogP contribution in [-0.4, -0.2) is 4.98 Å². The van der Waals surface area contributed by atoms with Gasteiger partial charge in [-0.3, -0.25) is 0 Å². The molecule has 0 spiro atoms. The fraction of sp³-hybridized carbons (Fsp3) is 0.727. The summed E-state index contributed by atoms with van der Waals surface area (Å²) in [6, 6.07) is 0. The fourth-order valence-corrected chi connectivity index (χ4v) is 1.45. The lowest BCUT2D eigenvalue weighted by atomic mass is 10.1. The topological polar surface area (TPSA) is 26.0 Å². The van der Waals surface area contributed by atoms with Gasteiger partial charge in [-0.1, -0.05) is 39.0 Å². The third-order valence-corrected chi connectivity index (χ3v) is 2.26. The molecule has 0 aromatic carbocycles. The van der Waals surface area contributed by atoms with Gasteiger partial charge in [-0.25, -0.2) is 4.98 Å². The summed E-state index contributed by atoms with van der Waals surface area (Å²) in [5.74, 6) is 1.02. The van der Waals surface area contributed by atoms with Crippen molar-refractivity contribution >= 4 is 0 Å². The van der Waals surface area contributed by atoms with Crippen molar-refractivity contribution in [3.63, 3.8) is 0 Å². The van der Waals surface area contributed by atoms with Crippen LogP contribution >= 0.6 is 0 Å². The van der Waals surface area contributed by atoms with Crippen LogP contribution in [-0.2, 0) is 6.42 Å². The summed E-state index contributed by atoms with van der Waals surface area (Å²) in [5, 5.41) is 0. The molecule has 0 unspecified atom stereocenters. The normalized spacial score (nSPS) is 10.5. The molecule has 0 bridgehead atoms. The second kappa shape index (κ2) is 6.70. The molecule has 0 aliphatic rings. The first-order valence-corrected chi connectivity index (χ1v) is 5.31. The van der Waals surface area contributed by atoms with E-state index in [9.17, 15) is 0 Å². The van der Waals surface area contributed by atoms with Gasteiger partial charge < -0.3 is 4.42 Å². The lowest BCUT2D eigenvalue weighted by molar-refractivity contribution is 0.487. The summed E-state index contributed by atoms with van der Waals surface area (Å²) in [6.45, 7) is 2.24. The number of aryl methyl sites for hydroxylation is 1. The molecule has 0 aliphatic carbocycles. The molecule has 0 saturated heterocycles. The molecule has 1 rings (SSSR count). The van der Waals surface area contributed by atoms with Crippen molar-refractivity contribution in [1.82, 2.24) is 4.98 Å². The molecule has 0 N–H and O–H groups in total. The third kappa shape index (κ3) is 4.71. The van der Waals surface area contributed by atoms with Gasteiger partial charge in [0.25, 0.3) is 0 Å². The molecule has 0 aliphatic heterocycles. The Labute approximate surface area is 80.4 Å². The summed E-state index contributed by atoms with van der Waals surface area (Å²) in [5.41, 5.74) is 0. The first kappa shape index (κ1) is 10.3. The van der Waals surface area contributed by atoms with Crippen molar-refractivity contribution in [3.05, 3.63) is 18.4 Å². The van der Waals surface area contributed by atoms with Gasteiger partial charge in [-0.05, 0) is 6.42 Å². The smallest absolute Gasteiger partial charge is 0.180 e. The van der Waals surface area contributed by atoms with E-state index in [4.69, 9.17) is 4.42 Å². The first-order valence-electron chi connectivity index (χ1n) is 5.31. The van der Waals surface area contributed by atoms with Crippen molar-refractivity contribution in [2.45, 2.75) is 51.9 Å². The number of aromatic nitrogens is 1. The minimum absolute atomic E-state index is 1.02. The molecule has 2 nitrogen and oxygen atoms in total. The Kier molecular flexibility index (Phi) is 5.30. The Morgan fingerprint density at radius 3 is 2.62 bits per heavy atom. The second-order valence-corrected chi connectivity index (χ2v) is 3.49. The van der Waals surface area contributed by atoms with Crippen LogP contribution in [0.15, 0.2) is 17.0 Å². The zero-order valence-electron chi connectivity index (χ0n) is 8.46. The van der Waals surface area contributed by atoms with E-state index in [1.165, 1.54) is 44.9 Å². The van der Waals surface area contributed by atoms with Gasteiger partial charge >= 0.3 is 0 Å². The van der Waals surface area contributed by atoms with E-state index in [-0.39, 0.29) is 0 Å². The SMILES string of the molecule is CCCCCCCCc1cnco1. The van der Waals surface area contributed by atoms with Crippen molar-refractivity contribution in [3.8, 4) is 0 Å². The largest absolute Gasteiger partial charge is 0.449 e. The highest BCUT2D eigenvalue weighted by atomic mass is 16.3. The van der Waals surface area contributed by atoms with E-state index in [1.807, 2.05) is 6.20 Å². The quantitative estimate of drug-likeness (QED) is 0.601. The number of hydrogen-bond acceptors (Lipinski definition) is 2. The maximum atomic E-state index is 5.15. The predicted octanol–water partition coefficient (Wildman–Crippen LogP) is 3.58. The third-order valence-electron chi connectivity index (χ3n) is 2.26. The molecule has 1 aromatic rings. The molecule has 0 atom stereocenters.